The van der Waals surface area contributed by atoms with E-state index in [0.29, 0.717) is 6.54 Å². The van der Waals surface area contributed by atoms with Crippen molar-refractivity contribution in [2.45, 2.75) is 32.9 Å². The first-order chi connectivity index (χ1) is 10.7. The Bertz CT molecular complexity index is 645. The predicted molar refractivity (Wildman–Crippen MR) is 88.9 cm³/mol. The Balaban J connectivity index is 1.60. The third-order valence-corrected chi connectivity index (χ3v) is 4.46. The van der Waals surface area contributed by atoms with Gasteiger partial charge in [0.2, 0.25) is 5.91 Å². The third kappa shape index (κ3) is 3.07. The number of nitrogens with one attached hydrogen (secondary N) is 1. The number of carbonyl (C=O) groups excluding carboxylic acids is 1. The summed E-state index contributed by atoms with van der Waals surface area (Å²) in [7, 11) is 0. The molecule has 1 unspecified atom stereocenters. The number of fused-ring (bicyclic) bond motifs is 1. The number of anilines is 1. The minimum Gasteiger partial charge on any atom is -0.349 e. The van der Waals surface area contributed by atoms with Crippen LogP contribution in [0.1, 0.15) is 31.1 Å². The second kappa shape index (κ2) is 6.36. The van der Waals surface area contributed by atoms with E-state index in [4.69, 9.17) is 0 Å². The zero-order valence-corrected chi connectivity index (χ0v) is 13.2. The van der Waals surface area contributed by atoms with E-state index in [2.05, 4.69) is 59.1 Å². The van der Waals surface area contributed by atoms with E-state index in [1.54, 1.807) is 0 Å². The van der Waals surface area contributed by atoms with E-state index in [1.807, 2.05) is 12.1 Å². The van der Waals surface area contributed by atoms with Gasteiger partial charge in [-0.2, -0.15) is 0 Å². The number of aryl methyl sites for hydroxylation is 1. The largest absolute Gasteiger partial charge is 0.349 e. The van der Waals surface area contributed by atoms with E-state index in [9.17, 15) is 4.79 Å². The van der Waals surface area contributed by atoms with E-state index >= 15 is 0 Å². The molecule has 3 rings (SSSR count). The molecule has 1 aromatic carbocycles. The molecular weight excluding hydrogens is 274 g/mol. The Morgan fingerprint density at radius 1 is 1.23 bits per heavy atom. The van der Waals surface area contributed by atoms with Gasteiger partial charge >= 0.3 is 0 Å². The lowest BCUT2D eigenvalue weighted by atomic mass is 10.1. The van der Waals surface area contributed by atoms with Crippen molar-refractivity contribution in [2.24, 2.45) is 0 Å². The maximum atomic E-state index is 12.3. The van der Waals surface area contributed by atoms with E-state index in [-0.39, 0.29) is 11.9 Å². The lowest BCUT2D eigenvalue weighted by molar-refractivity contribution is -0.118. The van der Waals surface area contributed by atoms with Crippen LogP contribution in [0.15, 0.2) is 42.6 Å². The summed E-state index contributed by atoms with van der Waals surface area (Å²) >= 11 is 0. The highest BCUT2D eigenvalue weighted by Crippen LogP contribution is 2.24. The summed E-state index contributed by atoms with van der Waals surface area (Å²) in [5.41, 5.74) is 3.44. The molecule has 2 heterocycles. The van der Waals surface area contributed by atoms with Gasteiger partial charge in [-0.15, -0.1) is 0 Å². The van der Waals surface area contributed by atoms with Crippen LogP contribution in [-0.2, 0) is 17.8 Å². The molecule has 0 aliphatic carbocycles. The average molecular weight is 297 g/mol. The van der Waals surface area contributed by atoms with Crippen molar-refractivity contribution in [1.82, 2.24) is 9.47 Å². The van der Waals surface area contributed by atoms with Gasteiger partial charge < -0.3 is 9.88 Å². The first-order valence-electron chi connectivity index (χ1n) is 7.95. The Morgan fingerprint density at radius 3 is 2.73 bits per heavy atom. The first-order valence-corrected chi connectivity index (χ1v) is 7.95. The summed E-state index contributed by atoms with van der Waals surface area (Å²) in [6, 6.07) is 12.6. The summed E-state index contributed by atoms with van der Waals surface area (Å²) in [6.45, 7) is 6.58. The van der Waals surface area contributed by atoms with Gasteiger partial charge in [0.25, 0.3) is 0 Å². The van der Waals surface area contributed by atoms with Gasteiger partial charge in [0.05, 0.1) is 6.54 Å². The number of hydrogen-bond acceptors (Lipinski definition) is 2. The fourth-order valence-electron chi connectivity index (χ4n) is 3.05. The SMILES string of the molecule is CCc1ccc(NC(=O)CN2CCn3cccc3C2C)cc1. The van der Waals surface area contributed by atoms with Crippen molar-refractivity contribution >= 4 is 11.6 Å². The van der Waals surface area contributed by atoms with Gasteiger partial charge in [0.1, 0.15) is 0 Å². The van der Waals surface area contributed by atoms with Gasteiger partial charge in [-0.05, 0) is 43.2 Å². The van der Waals surface area contributed by atoms with E-state index < -0.39 is 0 Å². The monoisotopic (exact) mass is 297 g/mol. The lowest BCUT2D eigenvalue weighted by Gasteiger charge is -2.34. The fourth-order valence-corrected chi connectivity index (χ4v) is 3.05. The molecule has 22 heavy (non-hydrogen) atoms. The molecule has 4 nitrogen and oxygen atoms in total. The van der Waals surface area contributed by atoms with E-state index in [0.717, 1.165) is 25.2 Å². The summed E-state index contributed by atoms with van der Waals surface area (Å²) < 4.78 is 2.27. The second-order valence-electron chi connectivity index (χ2n) is 5.87. The highest BCUT2D eigenvalue weighted by atomic mass is 16.2. The van der Waals surface area contributed by atoms with Gasteiger partial charge in [-0.25, -0.2) is 0 Å². The van der Waals surface area contributed by atoms with Gasteiger partial charge in [0.15, 0.2) is 0 Å². The Kier molecular flexibility index (Phi) is 4.29. The van der Waals surface area contributed by atoms with Crippen LogP contribution in [0.2, 0.25) is 0 Å². The van der Waals surface area contributed by atoms with Crippen molar-refractivity contribution in [3.8, 4) is 0 Å². The number of aromatic nitrogens is 1. The molecular formula is C18H23N3O. The van der Waals surface area contributed by atoms with Crippen LogP contribution in [0, 0.1) is 0 Å². The minimum absolute atomic E-state index is 0.0519. The normalized spacial score (nSPS) is 18.0. The summed E-state index contributed by atoms with van der Waals surface area (Å²) in [4.78, 5) is 14.5. The average Bonchev–Trinajstić information content (AvgIpc) is 3.00. The molecule has 0 saturated heterocycles. The smallest absolute Gasteiger partial charge is 0.238 e. The number of amides is 1. The molecule has 0 radical (unpaired) electrons. The van der Waals surface area contributed by atoms with E-state index in [1.165, 1.54) is 11.3 Å². The van der Waals surface area contributed by atoms with Gasteiger partial charge in [-0.1, -0.05) is 19.1 Å². The topological polar surface area (TPSA) is 37.3 Å². The lowest BCUT2D eigenvalue weighted by Crippen LogP contribution is -2.41. The Morgan fingerprint density at radius 2 is 2.00 bits per heavy atom. The molecule has 1 aliphatic heterocycles. The first kappa shape index (κ1) is 14.9. The molecule has 0 spiro atoms. The number of hydrogen-bond donors (Lipinski definition) is 1. The standard InChI is InChI=1S/C18H23N3O/c1-3-15-6-8-16(9-7-15)19-18(22)13-21-12-11-20-10-4-5-17(20)14(21)2/h4-10,14H,3,11-13H2,1-2H3,(H,19,22). The molecule has 4 heteroatoms. The third-order valence-electron chi connectivity index (χ3n) is 4.46. The quantitative estimate of drug-likeness (QED) is 0.941. The van der Waals surface area contributed by atoms with Crippen LogP contribution in [0.3, 0.4) is 0 Å². The predicted octanol–water partition coefficient (Wildman–Crippen LogP) is 3.07. The highest BCUT2D eigenvalue weighted by Gasteiger charge is 2.24. The van der Waals surface area contributed by atoms with Crippen LogP contribution >= 0.6 is 0 Å². The zero-order chi connectivity index (χ0) is 15.5. The van der Waals surface area contributed by atoms with Crippen LogP contribution < -0.4 is 5.32 Å². The summed E-state index contributed by atoms with van der Waals surface area (Å²) in [5, 5.41) is 2.99. The molecule has 1 aromatic heterocycles. The van der Waals surface area contributed by atoms with Gasteiger partial charge in [-0.3, -0.25) is 9.69 Å². The molecule has 0 fully saturated rings. The second-order valence-corrected chi connectivity index (χ2v) is 5.87. The molecule has 2 aromatic rings. The Hall–Kier alpha value is -2.07. The van der Waals surface area contributed by atoms with Crippen molar-refractivity contribution in [3.63, 3.8) is 0 Å². The van der Waals surface area contributed by atoms with Crippen LogP contribution in [-0.4, -0.2) is 28.5 Å². The van der Waals surface area contributed by atoms with Crippen molar-refractivity contribution < 1.29 is 4.79 Å². The fraction of sp³-hybridized carbons (Fsp3) is 0.389. The summed E-state index contributed by atoms with van der Waals surface area (Å²) in [6.07, 6.45) is 3.12. The van der Waals surface area contributed by atoms with Crippen molar-refractivity contribution in [3.05, 3.63) is 53.9 Å². The molecule has 116 valence electrons. The molecule has 0 bridgehead atoms. The van der Waals surface area contributed by atoms with Crippen molar-refractivity contribution in [1.29, 1.82) is 0 Å². The molecule has 1 N–H and O–H groups in total. The van der Waals surface area contributed by atoms with Crippen LogP contribution in [0.4, 0.5) is 5.69 Å². The maximum Gasteiger partial charge on any atom is 0.238 e. The van der Waals surface area contributed by atoms with Crippen LogP contribution in [0.25, 0.3) is 0 Å². The minimum atomic E-state index is 0.0519. The van der Waals surface area contributed by atoms with Crippen molar-refractivity contribution in [2.75, 3.05) is 18.4 Å². The number of carbonyl (C=O) groups is 1. The molecule has 1 atom stereocenters. The zero-order valence-electron chi connectivity index (χ0n) is 13.2. The summed E-state index contributed by atoms with van der Waals surface area (Å²) in [5.74, 6) is 0.0519. The van der Waals surface area contributed by atoms with Crippen LogP contribution in [0.5, 0.6) is 0 Å². The molecule has 0 saturated carbocycles. The number of nitrogens with zero attached hydrogens (tertiary/aromatic N) is 2. The molecule has 1 amide bonds. The number of rotatable bonds is 4. The van der Waals surface area contributed by atoms with Gasteiger partial charge in [0, 0.05) is 36.7 Å². The Labute approximate surface area is 131 Å². The highest BCUT2D eigenvalue weighted by molar-refractivity contribution is 5.92. The molecule has 1 aliphatic rings. The maximum absolute atomic E-state index is 12.3. The number of benzene rings is 1.